The van der Waals surface area contributed by atoms with Crippen LogP contribution in [-0.4, -0.2) is 44.2 Å². The van der Waals surface area contributed by atoms with Crippen LogP contribution in [0.25, 0.3) is 5.52 Å². The summed E-state index contributed by atoms with van der Waals surface area (Å²) < 4.78 is 1.78. The van der Waals surface area contributed by atoms with E-state index >= 15 is 0 Å². The van der Waals surface area contributed by atoms with Crippen LogP contribution in [0.2, 0.25) is 0 Å². The van der Waals surface area contributed by atoms with Gasteiger partial charge >= 0.3 is 0 Å². The molecule has 5 nitrogen and oxygen atoms in total. The minimum absolute atomic E-state index is 0.0761. The van der Waals surface area contributed by atoms with Crippen molar-refractivity contribution in [2.24, 2.45) is 0 Å². The number of nitrogens with zero attached hydrogens (tertiary/aromatic N) is 3. The van der Waals surface area contributed by atoms with Crippen LogP contribution in [0, 0.1) is 0 Å². The topological polar surface area (TPSA) is 57.8 Å². The zero-order chi connectivity index (χ0) is 14.1. The lowest BCUT2D eigenvalue weighted by Gasteiger charge is -2.23. The molecule has 1 saturated carbocycles. The van der Waals surface area contributed by atoms with Gasteiger partial charge in [0.2, 0.25) is 5.91 Å². The molecule has 0 unspecified atom stereocenters. The number of aliphatic hydroxyl groups excluding tert-OH is 1. The second kappa shape index (κ2) is 5.25. The average molecular weight is 273 g/mol. The van der Waals surface area contributed by atoms with Crippen LogP contribution in [-0.2, 0) is 11.2 Å². The summed E-state index contributed by atoms with van der Waals surface area (Å²) in [5, 5.41) is 13.8. The summed E-state index contributed by atoms with van der Waals surface area (Å²) in [7, 11) is 0. The maximum atomic E-state index is 12.4. The highest BCUT2D eigenvalue weighted by molar-refractivity contribution is 5.81. The van der Waals surface area contributed by atoms with Crippen molar-refractivity contribution in [2.75, 3.05) is 6.54 Å². The molecule has 3 rings (SSSR count). The number of hydrogen-bond donors (Lipinski definition) is 1. The van der Waals surface area contributed by atoms with E-state index in [0.717, 1.165) is 23.9 Å². The van der Waals surface area contributed by atoms with Crippen molar-refractivity contribution < 1.29 is 9.90 Å². The predicted molar refractivity (Wildman–Crippen MR) is 75.3 cm³/mol. The average Bonchev–Trinajstić information content (AvgIpc) is 3.19. The quantitative estimate of drug-likeness (QED) is 0.892. The number of hydrogen-bond acceptors (Lipinski definition) is 3. The summed E-state index contributed by atoms with van der Waals surface area (Å²) in [5.74, 6) is 0.0761. The molecule has 5 heteroatoms. The fraction of sp³-hybridized carbons (Fsp3) is 0.467. The van der Waals surface area contributed by atoms with E-state index in [1.807, 2.05) is 29.3 Å². The van der Waals surface area contributed by atoms with Gasteiger partial charge in [-0.3, -0.25) is 4.79 Å². The van der Waals surface area contributed by atoms with Gasteiger partial charge < -0.3 is 10.0 Å². The second-order valence-corrected chi connectivity index (χ2v) is 5.50. The molecule has 1 amide bonds. The lowest BCUT2D eigenvalue weighted by atomic mass is 10.1. The number of aliphatic hydroxyl groups is 1. The highest BCUT2D eigenvalue weighted by Crippen LogP contribution is 2.28. The zero-order valence-corrected chi connectivity index (χ0v) is 11.6. The van der Waals surface area contributed by atoms with E-state index in [2.05, 4.69) is 5.10 Å². The van der Waals surface area contributed by atoms with Gasteiger partial charge in [0, 0.05) is 24.3 Å². The first-order valence-corrected chi connectivity index (χ1v) is 7.04. The largest absolute Gasteiger partial charge is 0.392 e. The number of carbonyl (C=O) groups is 1. The van der Waals surface area contributed by atoms with Crippen molar-refractivity contribution in [1.29, 1.82) is 0 Å². The summed E-state index contributed by atoms with van der Waals surface area (Å²) in [6, 6.07) is 6.14. The van der Waals surface area contributed by atoms with Crippen LogP contribution in [0.1, 0.15) is 25.3 Å². The zero-order valence-electron chi connectivity index (χ0n) is 11.6. The molecule has 1 aliphatic carbocycles. The summed E-state index contributed by atoms with van der Waals surface area (Å²) in [6.07, 6.45) is 5.58. The Morgan fingerprint density at radius 1 is 1.55 bits per heavy atom. The standard InChI is InChI=1S/C15H19N3O2/c1-11(19)10-17(13-5-6-13)15(20)8-12-9-16-18-7-3-2-4-14(12)18/h2-4,7,9,11,13,19H,5-6,8,10H2,1H3/t11-/m1/s1. The first-order valence-electron chi connectivity index (χ1n) is 7.04. The lowest BCUT2D eigenvalue weighted by Crippen LogP contribution is -2.39. The number of pyridine rings is 1. The fourth-order valence-corrected chi connectivity index (χ4v) is 2.51. The highest BCUT2D eigenvalue weighted by atomic mass is 16.3. The molecule has 2 heterocycles. The molecule has 106 valence electrons. The maximum Gasteiger partial charge on any atom is 0.227 e. The molecule has 1 N–H and O–H groups in total. The van der Waals surface area contributed by atoms with E-state index < -0.39 is 6.10 Å². The maximum absolute atomic E-state index is 12.4. The van der Waals surface area contributed by atoms with Crippen molar-refractivity contribution >= 4 is 11.4 Å². The molecule has 0 radical (unpaired) electrons. The summed E-state index contributed by atoms with van der Waals surface area (Å²) in [6.45, 7) is 2.14. The molecule has 1 fully saturated rings. The van der Waals surface area contributed by atoms with Crippen molar-refractivity contribution in [1.82, 2.24) is 14.5 Å². The van der Waals surface area contributed by atoms with Gasteiger partial charge in [-0.1, -0.05) is 6.07 Å². The minimum Gasteiger partial charge on any atom is -0.392 e. The summed E-state index contributed by atoms with van der Waals surface area (Å²) >= 11 is 0. The molecule has 0 aromatic carbocycles. The third-order valence-electron chi connectivity index (χ3n) is 3.62. The van der Waals surface area contributed by atoms with E-state index in [1.54, 1.807) is 17.6 Å². The first-order chi connectivity index (χ1) is 9.65. The van der Waals surface area contributed by atoms with E-state index in [0.29, 0.717) is 19.0 Å². The Morgan fingerprint density at radius 2 is 2.35 bits per heavy atom. The Kier molecular flexibility index (Phi) is 3.44. The van der Waals surface area contributed by atoms with Crippen molar-refractivity contribution in [3.63, 3.8) is 0 Å². The van der Waals surface area contributed by atoms with Gasteiger partial charge in [-0.15, -0.1) is 0 Å². The van der Waals surface area contributed by atoms with E-state index in [1.165, 1.54) is 0 Å². The first kappa shape index (κ1) is 13.1. The second-order valence-electron chi connectivity index (χ2n) is 5.50. The number of rotatable bonds is 5. The summed E-state index contributed by atoms with van der Waals surface area (Å²) in [4.78, 5) is 14.3. The van der Waals surface area contributed by atoms with Crippen molar-refractivity contribution in [3.8, 4) is 0 Å². The van der Waals surface area contributed by atoms with Gasteiger partial charge in [0.1, 0.15) is 0 Å². The molecule has 0 bridgehead atoms. The van der Waals surface area contributed by atoms with Crippen LogP contribution < -0.4 is 0 Å². The van der Waals surface area contributed by atoms with Gasteiger partial charge in [0.05, 0.1) is 24.2 Å². The van der Waals surface area contributed by atoms with Crippen molar-refractivity contribution in [2.45, 2.75) is 38.3 Å². The third-order valence-corrected chi connectivity index (χ3v) is 3.62. The molecular formula is C15H19N3O2. The smallest absolute Gasteiger partial charge is 0.227 e. The summed E-state index contributed by atoms with van der Waals surface area (Å²) in [5.41, 5.74) is 1.90. The third kappa shape index (κ3) is 2.67. The SMILES string of the molecule is C[C@@H](O)CN(C(=O)Cc1cnn2ccccc12)C1CC1. The highest BCUT2D eigenvalue weighted by Gasteiger charge is 2.33. The number of fused-ring (bicyclic) bond motifs is 1. The van der Waals surface area contributed by atoms with Gasteiger partial charge in [0.25, 0.3) is 0 Å². The molecule has 20 heavy (non-hydrogen) atoms. The molecular weight excluding hydrogens is 254 g/mol. The molecule has 1 atom stereocenters. The Balaban J connectivity index is 1.77. The molecule has 0 saturated heterocycles. The minimum atomic E-state index is -0.483. The monoisotopic (exact) mass is 273 g/mol. The van der Waals surface area contributed by atoms with Gasteiger partial charge in [-0.25, -0.2) is 4.52 Å². The predicted octanol–water partition coefficient (Wildman–Crippen LogP) is 1.25. The Labute approximate surface area is 117 Å². The molecule has 0 spiro atoms. The van der Waals surface area contributed by atoms with Gasteiger partial charge in [-0.2, -0.15) is 5.10 Å². The van der Waals surface area contributed by atoms with E-state index in [9.17, 15) is 9.90 Å². The van der Waals surface area contributed by atoms with Crippen LogP contribution in [0.5, 0.6) is 0 Å². The Bertz CT molecular complexity index is 616. The molecule has 1 aliphatic rings. The van der Waals surface area contributed by atoms with Gasteiger partial charge in [-0.05, 0) is 31.9 Å². The normalized spacial score (nSPS) is 16.3. The molecule has 0 aliphatic heterocycles. The molecule has 2 aromatic heterocycles. The van der Waals surface area contributed by atoms with Gasteiger partial charge in [0.15, 0.2) is 0 Å². The Morgan fingerprint density at radius 3 is 3.05 bits per heavy atom. The lowest BCUT2D eigenvalue weighted by molar-refractivity contribution is -0.132. The van der Waals surface area contributed by atoms with Crippen LogP contribution in [0.3, 0.4) is 0 Å². The van der Waals surface area contributed by atoms with Crippen LogP contribution in [0.4, 0.5) is 0 Å². The fourth-order valence-electron chi connectivity index (χ4n) is 2.51. The van der Waals surface area contributed by atoms with Crippen molar-refractivity contribution in [3.05, 3.63) is 36.2 Å². The van der Waals surface area contributed by atoms with Crippen LogP contribution >= 0.6 is 0 Å². The van der Waals surface area contributed by atoms with E-state index in [4.69, 9.17) is 0 Å². The number of aromatic nitrogens is 2. The number of amides is 1. The number of carbonyl (C=O) groups excluding carboxylic acids is 1. The van der Waals surface area contributed by atoms with E-state index in [-0.39, 0.29) is 5.91 Å². The Hall–Kier alpha value is -1.88. The van der Waals surface area contributed by atoms with Crippen LogP contribution in [0.15, 0.2) is 30.6 Å². The molecule has 2 aromatic rings.